The minimum absolute atomic E-state index is 0.0873. The number of aliphatic hydroxyl groups is 1. The normalized spacial score (nSPS) is 23.1. The Bertz CT molecular complexity index is 523. The summed E-state index contributed by atoms with van der Waals surface area (Å²) in [4.78, 5) is 13.1. The molecule has 0 saturated carbocycles. The lowest BCUT2D eigenvalue weighted by Crippen LogP contribution is -2.25. The van der Waals surface area contributed by atoms with E-state index in [9.17, 15) is 14.3 Å². The van der Waals surface area contributed by atoms with E-state index in [1.54, 1.807) is 12.1 Å². The number of carboxylic acid groups (broad SMARTS) is 1. The van der Waals surface area contributed by atoms with Gasteiger partial charge in [0.2, 0.25) is 0 Å². The molecule has 0 radical (unpaired) electrons. The van der Waals surface area contributed by atoms with Gasteiger partial charge in [-0.2, -0.15) is 0 Å². The summed E-state index contributed by atoms with van der Waals surface area (Å²) in [6.45, 7) is 4.50. The fourth-order valence-electron chi connectivity index (χ4n) is 3.51. The van der Waals surface area contributed by atoms with Crippen molar-refractivity contribution in [2.75, 3.05) is 26.2 Å². The number of hydrogen-bond acceptors (Lipinski definition) is 3. The molecule has 5 heteroatoms. The van der Waals surface area contributed by atoms with E-state index in [0.717, 1.165) is 38.0 Å². The molecule has 0 aliphatic carbocycles. The van der Waals surface area contributed by atoms with Crippen LogP contribution in [-0.4, -0.2) is 47.3 Å². The number of aliphatic carboxylic acids is 1. The Morgan fingerprint density at radius 2 is 2.22 bits per heavy atom. The highest BCUT2D eigenvalue weighted by Gasteiger charge is 2.33. The van der Waals surface area contributed by atoms with Crippen molar-refractivity contribution in [2.24, 2.45) is 11.8 Å². The highest BCUT2D eigenvalue weighted by molar-refractivity contribution is 5.66. The van der Waals surface area contributed by atoms with Crippen LogP contribution in [0, 0.1) is 17.7 Å². The average molecular weight is 323 g/mol. The van der Waals surface area contributed by atoms with Gasteiger partial charge in [0.05, 0.1) is 0 Å². The number of carbonyl (C=O) groups is 1. The lowest BCUT2D eigenvalue weighted by atomic mass is 9.89. The SMILES string of the molecule is CCC(CCN1CC(CO)C(c2cccc(F)c2)C1)CC(=O)O. The molecule has 1 aliphatic rings. The third kappa shape index (κ3) is 5.01. The smallest absolute Gasteiger partial charge is 0.303 e. The molecule has 0 spiro atoms. The van der Waals surface area contributed by atoms with E-state index in [-0.39, 0.29) is 36.6 Å². The van der Waals surface area contributed by atoms with E-state index in [0.29, 0.717) is 0 Å². The van der Waals surface area contributed by atoms with Crippen LogP contribution in [0.2, 0.25) is 0 Å². The van der Waals surface area contributed by atoms with Gasteiger partial charge in [0.1, 0.15) is 5.82 Å². The number of carboxylic acids is 1. The summed E-state index contributed by atoms with van der Waals surface area (Å²) in [7, 11) is 0. The molecule has 3 atom stereocenters. The van der Waals surface area contributed by atoms with Crippen LogP contribution >= 0.6 is 0 Å². The highest BCUT2D eigenvalue weighted by Crippen LogP contribution is 2.33. The van der Waals surface area contributed by atoms with E-state index in [2.05, 4.69) is 4.90 Å². The molecule has 0 amide bonds. The van der Waals surface area contributed by atoms with Crippen LogP contribution in [0.1, 0.15) is 37.7 Å². The molecule has 1 aromatic carbocycles. The predicted octanol–water partition coefficient (Wildman–Crippen LogP) is 2.72. The van der Waals surface area contributed by atoms with Crippen LogP contribution in [0.3, 0.4) is 0 Å². The molecule has 128 valence electrons. The average Bonchev–Trinajstić information content (AvgIpc) is 2.94. The minimum Gasteiger partial charge on any atom is -0.481 e. The molecule has 0 aromatic heterocycles. The van der Waals surface area contributed by atoms with Gasteiger partial charge in [0.15, 0.2) is 0 Å². The van der Waals surface area contributed by atoms with E-state index < -0.39 is 5.97 Å². The fourth-order valence-corrected chi connectivity index (χ4v) is 3.51. The van der Waals surface area contributed by atoms with Gasteiger partial charge in [-0.15, -0.1) is 0 Å². The van der Waals surface area contributed by atoms with Gasteiger partial charge in [-0.1, -0.05) is 25.5 Å². The molecule has 2 N–H and O–H groups in total. The summed E-state index contributed by atoms with van der Waals surface area (Å²) in [5.74, 6) is -0.561. The maximum Gasteiger partial charge on any atom is 0.303 e. The summed E-state index contributed by atoms with van der Waals surface area (Å²) in [5, 5.41) is 18.6. The van der Waals surface area contributed by atoms with Crippen molar-refractivity contribution in [1.29, 1.82) is 0 Å². The van der Waals surface area contributed by atoms with Crippen molar-refractivity contribution in [1.82, 2.24) is 4.90 Å². The fraction of sp³-hybridized carbons (Fsp3) is 0.611. The highest BCUT2D eigenvalue weighted by atomic mass is 19.1. The first-order valence-electron chi connectivity index (χ1n) is 8.34. The van der Waals surface area contributed by atoms with Crippen LogP contribution in [0.5, 0.6) is 0 Å². The number of halogens is 1. The number of nitrogens with zero attached hydrogens (tertiary/aromatic N) is 1. The zero-order chi connectivity index (χ0) is 16.8. The van der Waals surface area contributed by atoms with Gasteiger partial charge < -0.3 is 15.1 Å². The number of rotatable bonds is 8. The Kier molecular flexibility index (Phi) is 6.54. The third-order valence-electron chi connectivity index (χ3n) is 4.92. The lowest BCUT2D eigenvalue weighted by Gasteiger charge is -2.19. The van der Waals surface area contributed by atoms with Gasteiger partial charge in [0, 0.05) is 38.0 Å². The maximum atomic E-state index is 13.4. The number of likely N-dealkylation sites (tertiary alicyclic amines) is 1. The third-order valence-corrected chi connectivity index (χ3v) is 4.92. The first-order valence-corrected chi connectivity index (χ1v) is 8.34. The van der Waals surface area contributed by atoms with E-state index in [4.69, 9.17) is 5.11 Å². The molecule has 4 nitrogen and oxygen atoms in total. The van der Waals surface area contributed by atoms with Crippen LogP contribution < -0.4 is 0 Å². The van der Waals surface area contributed by atoms with Gasteiger partial charge >= 0.3 is 5.97 Å². The Hall–Kier alpha value is -1.46. The largest absolute Gasteiger partial charge is 0.481 e. The molecule has 0 bridgehead atoms. The Morgan fingerprint density at radius 3 is 2.83 bits per heavy atom. The summed E-state index contributed by atoms with van der Waals surface area (Å²) in [6.07, 6.45) is 1.91. The molecule has 1 heterocycles. The van der Waals surface area contributed by atoms with Crippen molar-refractivity contribution in [2.45, 2.75) is 32.1 Å². The molecule has 1 fully saturated rings. The number of benzene rings is 1. The monoisotopic (exact) mass is 323 g/mol. The maximum absolute atomic E-state index is 13.4. The van der Waals surface area contributed by atoms with Gasteiger partial charge in [-0.05, 0) is 36.6 Å². The Balaban J connectivity index is 1.94. The van der Waals surface area contributed by atoms with Crippen molar-refractivity contribution in [3.05, 3.63) is 35.6 Å². The van der Waals surface area contributed by atoms with Crippen molar-refractivity contribution < 1.29 is 19.4 Å². The summed E-state index contributed by atoms with van der Waals surface area (Å²) >= 11 is 0. The zero-order valence-corrected chi connectivity index (χ0v) is 13.6. The van der Waals surface area contributed by atoms with Crippen LogP contribution in [0.15, 0.2) is 24.3 Å². The van der Waals surface area contributed by atoms with E-state index in [1.807, 2.05) is 13.0 Å². The minimum atomic E-state index is -0.746. The molecule has 3 unspecified atom stereocenters. The first kappa shape index (κ1) is 17.9. The van der Waals surface area contributed by atoms with Crippen LogP contribution in [-0.2, 0) is 4.79 Å². The predicted molar refractivity (Wildman–Crippen MR) is 86.8 cm³/mol. The Labute approximate surface area is 136 Å². The van der Waals surface area contributed by atoms with Gasteiger partial charge in [-0.25, -0.2) is 4.39 Å². The lowest BCUT2D eigenvalue weighted by molar-refractivity contribution is -0.138. The van der Waals surface area contributed by atoms with E-state index >= 15 is 0 Å². The molecule has 2 rings (SSSR count). The summed E-state index contributed by atoms with van der Waals surface area (Å²) in [5.41, 5.74) is 0.934. The molecule has 1 aliphatic heterocycles. The quantitative estimate of drug-likeness (QED) is 0.772. The molecule has 1 aromatic rings. The molecular weight excluding hydrogens is 297 g/mol. The number of hydrogen-bond donors (Lipinski definition) is 2. The second kappa shape index (κ2) is 8.41. The van der Waals surface area contributed by atoms with E-state index in [1.165, 1.54) is 6.07 Å². The molecular formula is C18H26FNO3. The van der Waals surface area contributed by atoms with Crippen LogP contribution in [0.25, 0.3) is 0 Å². The zero-order valence-electron chi connectivity index (χ0n) is 13.6. The van der Waals surface area contributed by atoms with Crippen molar-refractivity contribution in [3.8, 4) is 0 Å². The second-order valence-corrected chi connectivity index (χ2v) is 6.52. The standard InChI is InChI=1S/C18H26FNO3/c1-2-13(8-18(22)23)6-7-20-10-15(12-21)17(11-20)14-4-3-5-16(19)9-14/h3-5,9,13,15,17,21H,2,6-8,10-12H2,1H3,(H,22,23). The van der Waals surface area contributed by atoms with Crippen LogP contribution in [0.4, 0.5) is 4.39 Å². The Morgan fingerprint density at radius 1 is 1.43 bits per heavy atom. The topological polar surface area (TPSA) is 60.8 Å². The van der Waals surface area contributed by atoms with Gasteiger partial charge in [-0.3, -0.25) is 4.79 Å². The summed E-state index contributed by atoms with van der Waals surface area (Å²) in [6, 6.07) is 6.61. The number of aliphatic hydroxyl groups excluding tert-OH is 1. The van der Waals surface area contributed by atoms with Crippen molar-refractivity contribution >= 4 is 5.97 Å². The molecule has 23 heavy (non-hydrogen) atoms. The van der Waals surface area contributed by atoms with Crippen molar-refractivity contribution in [3.63, 3.8) is 0 Å². The second-order valence-electron chi connectivity index (χ2n) is 6.52. The van der Waals surface area contributed by atoms with Gasteiger partial charge in [0.25, 0.3) is 0 Å². The first-order chi connectivity index (χ1) is 11.0. The molecule has 1 saturated heterocycles. The summed E-state index contributed by atoms with van der Waals surface area (Å²) < 4.78 is 13.4.